The Kier molecular flexibility index (Phi) is 2.27. The molecule has 0 radical (unpaired) electrons. The van der Waals surface area contributed by atoms with Gasteiger partial charge in [0, 0.05) is 5.56 Å². The van der Waals surface area contributed by atoms with Crippen LogP contribution in [0, 0.1) is 0 Å². The van der Waals surface area contributed by atoms with E-state index < -0.39 is 8.07 Å². The zero-order valence-electron chi connectivity index (χ0n) is 9.29. The molecule has 2 nitrogen and oxygen atoms in total. The lowest BCUT2D eigenvalue weighted by atomic mass is 10.2. The summed E-state index contributed by atoms with van der Waals surface area (Å²) in [5, 5.41) is 2.43. The van der Waals surface area contributed by atoms with Crippen molar-refractivity contribution in [2.45, 2.75) is 19.6 Å². The van der Waals surface area contributed by atoms with Crippen molar-refractivity contribution in [3.8, 4) is 0 Å². The molecule has 0 aliphatic rings. The van der Waals surface area contributed by atoms with E-state index in [4.69, 9.17) is 0 Å². The molecule has 0 unspecified atom stereocenters. The first-order valence-electron chi connectivity index (χ1n) is 5.10. The molecule has 0 fully saturated rings. The SMILES string of the molecule is C[Si](C)(C)c1cc2cccc(C=O)c2[nH]1. The molecule has 1 aromatic heterocycles. The smallest absolute Gasteiger partial charge is 0.152 e. The molecule has 0 amide bonds. The van der Waals surface area contributed by atoms with Crippen LogP contribution in [0.25, 0.3) is 10.9 Å². The van der Waals surface area contributed by atoms with Crippen molar-refractivity contribution in [1.29, 1.82) is 0 Å². The van der Waals surface area contributed by atoms with Crippen LogP contribution in [0.3, 0.4) is 0 Å². The minimum Gasteiger partial charge on any atom is -0.362 e. The van der Waals surface area contributed by atoms with E-state index in [1.807, 2.05) is 18.2 Å². The van der Waals surface area contributed by atoms with Crippen molar-refractivity contribution >= 4 is 30.6 Å². The van der Waals surface area contributed by atoms with E-state index in [-0.39, 0.29) is 0 Å². The molecule has 0 aliphatic carbocycles. The van der Waals surface area contributed by atoms with Crippen molar-refractivity contribution in [2.75, 3.05) is 0 Å². The molecule has 0 spiro atoms. The number of aldehydes is 1. The number of aromatic nitrogens is 1. The number of carbonyl (C=O) groups excluding carboxylic acids is 1. The first-order chi connectivity index (χ1) is 7.02. The Morgan fingerprint density at radius 3 is 2.60 bits per heavy atom. The molecule has 0 aliphatic heterocycles. The van der Waals surface area contributed by atoms with Crippen LogP contribution in [0.5, 0.6) is 0 Å². The van der Waals surface area contributed by atoms with Crippen LogP contribution in [-0.4, -0.2) is 19.3 Å². The van der Waals surface area contributed by atoms with E-state index in [9.17, 15) is 4.79 Å². The monoisotopic (exact) mass is 217 g/mol. The molecule has 1 N–H and O–H groups in total. The van der Waals surface area contributed by atoms with Gasteiger partial charge in [0.2, 0.25) is 0 Å². The third-order valence-electron chi connectivity index (χ3n) is 2.62. The number of rotatable bonds is 2. The van der Waals surface area contributed by atoms with Gasteiger partial charge < -0.3 is 4.98 Å². The molecule has 0 saturated carbocycles. The molecule has 0 saturated heterocycles. The number of hydrogen-bond acceptors (Lipinski definition) is 1. The molecule has 2 aromatic rings. The number of carbonyl (C=O) groups is 1. The standard InChI is InChI=1S/C12H15NOSi/c1-15(2,3)11-7-9-5-4-6-10(8-14)12(9)13-11/h4-8,13H,1-3H3. The van der Waals surface area contributed by atoms with Gasteiger partial charge in [-0.1, -0.05) is 31.8 Å². The largest absolute Gasteiger partial charge is 0.362 e. The number of para-hydroxylation sites is 1. The number of benzene rings is 1. The third kappa shape index (κ3) is 1.75. The van der Waals surface area contributed by atoms with Crippen molar-refractivity contribution in [3.05, 3.63) is 29.8 Å². The second-order valence-electron chi connectivity index (χ2n) is 4.86. The molecule has 3 heteroatoms. The summed E-state index contributed by atoms with van der Waals surface area (Å²) < 4.78 is 0. The van der Waals surface area contributed by atoms with Gasteiger partial charge in [0.05, 0.1) is 13.6 Å². The number of nitrogens with one attached hydrogen (secondary N) is 1. The summed E-state index contributed by atoms with van der Waals surface area (Å²) in [6.07, 6.45) is 0.910. The second-order valence-corrected chi connectivity index (χ2v) is 9.90. The average molecular weight is 217 g/mol. The van der Waals surface area contributed by atoms with E-state index in [1.165, 1.54) is 5.32 Å². The van der Waals surface area contributed by atoms with Crippen LogP contribution in [0.1, 0.15) is 10.4 Å². The van der Waals surface area contributed by atoms with Crippen molar-refractivity contribution in [2.24, 2.45) is 0 Å². The molecule has 0 bridgehead atoms. The van der Waals surface area contributed by atoms with E-state index in [1.54, 1.807) is 0 Å². The van der Waals surface area contributed by atoms with E-state index >= 15 is 0 Å². The van der Waals surface area contributed by atoms with Gasteiger partial charge in [-0.05, 0) is 22.8 Å². The van der Waals surface area contributed by atoms with Crippen LogP contribution >= 0.6 is 0 Å². The van der Waals surface area contributed by atoms with Gasteiger partial charge in [0.1, 0.15) is 0 Å². The average Bonchev–Trinajstić information content (AvgIpc) is 2.59. The number of fused-ring (bicyclic) bond motifs is 1. The summed E-state index contributed by atoms with van der Waals surface area (Å²) >= 11 is 0. The summed E-state index contributed by atoms with van der Waals surface area (Å²) in [6, 6.07) is 7.99. The molecule has 0 atom stereocenters. The summed E-state index contributed by atoms with van der Waals surface area (Å²) in [7, 11) is -1.32. The molecule has 1 heterocycles. The lowest BCUT2D eigenvalue weighted by molar-refractivity contribution is 0.112. The lowest BCUT2D eigenvalue weighted by Crippen LogP contribution is -2.38. The Morgan fingerprint density at radius 1 is 1.27 bits per heavy atom. The highest BCUT2D eigenvalue weighted by molar-refractivity contribution is 6.88. The highest BCUT2D eigenvalue weighted by Gasteiger charge is 2.19. The maximum absolute atomic E-state index is 10.9. The summed E-state index contributed by atoms with van der Waals surface area (Å²) in [5.41, 5.74) is 1.72. The Balaban J connectivity index is 2.70. The minimum atomic E-state index is -1.32. The molecule has 15 heavy (non-hydrogen) atoms. The Labute approximate surface area is 90.3 Å². The van der Waals surface area contributed by atoms with E-state index in [0.29, 0.717) is 0 Å². The maximum Gasteiger partial charge on any atom is 0.152 e. The highest BCUT2D eigenvalue weighted by atomic mass is 28.3. The topological polar surface area (TPSA) is 32.9 Å². The number of H-pyrrole nitrogens is 1. The summed E-state index contributed by atoms with van der Waals surface area (Å²) in [6.45, 7) is 6.87. The van der Waals surface area contributed by atoms with Crippen LogP contribution in [0.15, 0.2) is 24.3 Å². The van der Waals surface area contributed by atoms with Crippen molar-refractivity contribution in [3.63, 3.8) is 0 Å². The first kappa shape index (κ1) is 10.2. The van der Waals surface area contributed by atoms with Gasteiger partial charge in [0.25, 0.3) is 0 Å². The van der Waals surface area contributed by atoms with E-state index in [0.717, 1.165) is 22.8 Å². The molecular formula is C12H15NOSi. The fourth-order valence-electron chi connectivity index (χ4n) is 1.68. The second kappa shape index (κ2) is 3.34. The van der Waals surface area contributed by atoms with Crippen LogP contribution in [-0.2, 0) is 0 Å². The molecule has 2 rings (SSSR count). The Morgan fingerprint density at radius 2 is 2.00 bits per heavy atom. The zero-order chi connectivity index (χ0) is 11.1. The van der Waals surface area contributed by atoms with E-state index in [2.05, 4.69) is 30.7 Å². The van der Waals surface area contributed by atoms with Gasteiger partial charge in [-0.2, -0.15) is 0 Å². The third-order valence-corrected chi connectivity index (χ3v) is 4.51. The number of hydrogen-bond donors (Lipinski definition) is 1. The maximum atomic E-state index is 10.9. The van der Waals surface area contributed by atoms with Gasteiger partial charge >= 0.3 is 0 Å². The Hall–Kier alpha value is -1.35. The molecular weight excluding hydrogens is 202 g/mol. The fourth-order valence-corrected chi connectivity index (χ4v) is 2.77. The predicted molar refractivity (Wildman–Crippen MR) is 66.7 cm³/mol. The van der Waals surface area contributed by atoms with Crippen LogP contribution in [0.4, 0.5) is 0 Å². The predicted octanol–water partition coefficient (Wildman–Crippen LogP) is 2.53. The lowest BCUT2D eigenvalue weighted by Gasteiger charge is -2.12. The normalized spacial score (nSPS) is 11.9. The molecule has 78 valence electrons. The van der Waals surface area contributed by atoms with Gasteiger partial charge in [-0.3, -0.25) is 4.79 Å². The Bertz CT molecular complexity index is 508. The van der Waals surface area contributed by atoms with Gasteiger partial charge in [-0.15, -0.1) is 0 Å². The van der Waals surface area contributed by atoms with Crippen LogP contribution < -0.4 is 5.32 Å². The first-order valence-corrected chi connectivity index (χ1v) is 8.60. The minimum absolute atomic E-state index is 0.747. The van der Waals surface area contributed by atoms with Gasteiger partial charge in [0.15, 0.2) is 6.29 Å². The molecule has 1 aromatic carbocycles. The quantitative estimate of drug-likeness (QED) is 0.608. The van der Waals surface area contributed by atoms with Crippen molar-refractivity contribution < 1.29 is 4.79 Å². The van der Waals surface area contributed by atoms with Crippen LogP contribution in [0.2, 0.25) is 19.6 Å². The summed E-state index contributed by atoms with van der Waals surface area (Å²) in [4.78, 5) is 14.3. The van der Waals surface area contributed by atoms with Crippen molar-refractivity contribution in [1.82, 2.24) is 4.98 Å². The zero-order valence-corrected chi connectivity index (χ0v) is 10.3. The highest BCUT2D eigenvalue weighted by Crippen LogP contribution is 2.16. The fraction of sp³-hybridized carbons (Fsp3) is 0.250. The number of aromatic amines is 1. The summed E-state index contributed by atoms with van der Waals surface area (Å²) in [5.74, 6) is 0. The van der Waals surface area contributed by atoms with Gasteiger partial charge in [-0.25, -0.2) is 0 Å².